The number of rotatable bonds is 2. The fourth-order valence-corrected chi connectivity index (χ4v) is 3.04. The summed E-state index contributed by atoms with van der Waals surface area (Å²) in [6.07, 6.45) is 4.95. The van der Waals surface area contributed by atoms with E-state index in [1.807, 2.05) is 12.1 Å². The molecule has 0 saturated heterocycles. The number of benzene rings is 1. The summed E-state index contributed by atoms with van der Waals surface area (Å²) >= 11 is 0. The van der Waals surface area contributed by atoms with Gasteiger partial charge in [-0.15, -0.1) is 0 Å². The number of anilines is 1. The summed E-state index contributed by atoms with van der Waals surface area (Å²) in [4.78, 5) is 31.7. The molecule has 120 valence electrons. The molecule has 3 N–H and O–H groups in total. The molecule has 0 unspecified atom stereocenters. The van der Waals surface area contributed by atoms with Crippen LogP contribution in [0.3, 0.4) is 0 Å². The van der Waals surface area contributed by atoms with Gasteiger partial charge >= 0.3 is 0 Å². The van der Waals surface area contributed by atoms with E-state index < -0.39 is 0 Å². The summed E-state index contributed by atoms with van der Waals surface area (Å²) in [5.41, 5.74) is 3.66. The van der Waals surface area contributed by atoms with Crippen molar-refractivity contribution < 1.29 is 9.59 Å². The first kappa shape index (κ1) is 14.4. The Balaban J connectivity index is 1.71. The highest BCUT2D eigenvalue weighted by Crippen LogP contribution is 2.26. The third-order valence-corrected chi connectivity index (χ3v) is 4.20. The summed E-state index contributed by atoms with van der Waals surface area (Å²) in [6.45, 7) is 0.671. The first-order valence-corrected chi connectivity index (χ1v) is 7.86. The number of H-pyrrole nitrogens is 1. The lowest BCUT2D eigenvalue weighted by atomic mass is 10.0. The number of fused-ring (bicyclic) bond motifs is 3. The molecule has 2 aromatic heterocycles. The van der Waals surface area contributed by atoms with Crippen molar-refractivity contribution in [2.75, 3.05) is 11.9 Å². The maximum Gasteiger partial charge on any atom is 0.268 e. The monoisotopic (exact) mass is 320 g/mol. The van der Waals surface area contributed by atoms with Gasteiger partial charge < -0.3 is 15.6 Å². The van der Waals surface area contributed by atoms with Crippen molar-refractivity contribution in [1.29, 1.82) is 0 Å². The predicted molar refractivity (Wildman–Crippen MR) is 91.1 cm³/mol. The lowest BCUT2D eigenvalue weighted by Crippen LogP contribution is -2.22. The molecule has 6 nitrogen and oxygen atoms in total. The minimum Gasteiger partial charge on any atom is -0.351 e. The van der Waals surface area contributed by atoms with Crippen LogP contribution in [-0.4, -0.2) is 28.3 Å². The highest BCUT2D eigenvalue weighted by molar-refractivity contribution is 6.08. The minimum absolute atomic E-state index is 0.0833. The first-order valence-electron chi connectivity index (χ1n) is 7.86. The second-order valence-electron chi connectivity index (χ2n) is 5.79. The van der Waals surface area contributed by atoms with Gasteiger partial charge in [0.05, 0.1) is 11.9 Å². The van der Waals surface area contributed by atoms with Crippen LogP contribution in [0.25, 0.3) is 10.9 Å². The van der Waals surface area contributed by atoms with E-state index in [1.54, 1.807) is 30.6 Å². The Hall–Kier alpha value is -3.15. The largest absolute Gasteiger partial charge is 0.351 e. The van der Waals surface area contributed by atoms with Crippen LogP contribution >= 0.6 is 0 Å². The molecule has 6 heteroatoms. The molecule has 2 amide bonds. The van der Waals surface area contributed by atoms with Crippen LogP contribution in [0.1, 0.15) is 32.8 Å². The zero-order chi connectivity index (χ0) is 16.5. The van der Waals surface area contributed by atoms with Crippen molar-refractivity contribution in [3.05, 3.63) is 59.5 Å². The van der Waals surface area contributed by atoms with E-state index in [2.05, 4.69) is 20.6 Å². The van der Waals surface area contributed by atoms with Gasteiger partial charge in [-0.25, -0.2) is 0 Å². The van der Waals surface area contributed by atoms with Gasteiger partial charge in [0, 0.05) is 29.2 Å². The second kappa shape index (κ2) is 5.81. The number of carbonyl (C=O) groups excluding carboxylic acids is 2. The Kier molecular flexibility index (Phi) is 3.49. The van der Waals surface area contributed by atoms with Gasteiger partial charge in [0.15, 0.2) is 0 Å². The van der Waals surface area contributed by atoms with Gasteiger partial charge in [0.2, 0.25) is 0 Å². The number of aromatic nitrogens is 2. The quantitative estimate of drug-likeness (QED) is 0.678. The summed E-state index contributed by atoms with van der Waals surface area (Å²) in [5, 5.41) is 6.63. The van der Waals surface area contributed by atoms with Crippen LogP contribution in [-0.2, 0) is 6.42 Å². The Labute approximate surface area is 138 Å². The van der Waals surface area contributed by atoms with Gasteiger partial charge in [-0.1, -0.05) is 0 Å². The summed E-state index contributed by atoms with van der Waals surface area (Å²) in [6, 6.07) is 8.99. The maximum absolute atomic E-state index is 12.5. The molecule has 0 atom stereocenters. The molecule has 3 aromatic rings. The van der Waals surface area contributed by atoms with Crippen molar-refractivity contribution in [3.63, 3.8) is 0 Å². The fraction of sp³-hybridized carbons (Fsp3) is 0.167. The molecule has 1 aliphatic rings. The fourth-order valence-electron chi connectivity index (χ4n) is 3.04. The molecule has 1 aromatic carbocycles. The molecule has 0 fully saturated rings. The van der Waals surface area contributed by atoms with Crippen LogP contribution in [0.5, 0.6) is 0 Å². The van der Waals surface area contributed by atoms with E-state index in [0.29, 0.717) is 23.5 Å². The van der Waals surface area contributed by atoms with Crippen LogP contribution in [0.2, 0.25) is 0 Å². The number of amides is 2. The first-order chi connectivity index (χ1) is 11.7. The van der Waals surface area contributed by atoms with Gasteiger partial charge in [-0.2, -0.15) is 0 Å². The normalized spacial score (nSPS) is 13.9. The van der Waals surface area contributed by atoms with Gasteiger partial charge in [-0.05, 0) is 48.7 Å². The van der Waals surface area contributed by atoms with Gasteiger partial charge in [0.1, 0.15) is 5.69 Å². The summed E-state index contributed by atoms with van der Waals surface area (Å²) in [5.74, 6) is -0.280. The number of nitrogens with one attached hydrogen (secondary N) is 3. The molecule has 1 aliphatic heterocycles. The van der Waals surface area contributed by atoms with Crippen molar-refractivity contribution >= 4 is 28.4 Å². The van der Waals surface area contributed by atoms with E-state index >= 15 is 0 Å². The zero-order valence-electron chi connectivity index (χ0n) is 12.9. The third kappa shape index (κ3) is 2.52. The van der Waals surface area contributed by atoms with Crippen molar-refractivity contribution in [1.82, 2.24) is 15.3 Å². The molecule has 0 spiro atoms. The molecule has 0 radical (unpaired) electrons. The summed E-state index contributed by atoms with van der Waals surface area (Å²) in [7, 11) is 0. The van der Waals surface area contributed by atoms with E-state index in [-0.39, 0.29) is 11.8 Å². The molecule has 0 bridgehead atoms. The molecular formula is C18H16N4O2. The number of hydrogen-bond donors (Lipinski definition) is 3. The van der Waals surface area contributed by atoms with E-state index in [4.69, 9.17) is 0 Å². The third-order valence-electron chi connectivity index (χ3n) is 4.20. The maximum atomic E-state index is 12.5. The standard InChI is InChI=1S/C18H16N4O2/c23-17(21-12-3-1-7-19-10-12)11-5-6-15-14(9-11)13-4-2-8-20-18(24)16(13)22-15/h1,3,5-7,9-10,22H,2,4,8H2,(H,20,24)(H,21,23). The molecule has 0 saturated carbocycles. The molecule has 4 rings (SSSR count). The average Bonchev–Trinajstić information content (AvgIpc) is 2.87. The number of pyridine rings is 1. The molecule has 3 heterocycles. The van der Waals surface area contributed by atoms with Gasteiger partial charge in [0.25, 0.3) is 11.8 Å². The number of carbonyl (C=O) groups is 2. The van der Waals surface area contributed by atoms with Crippen molar-refractivity contribution in [2.45, 2.75) is 12.8 Å². The average molecular weight is 320 g/mol. The SMILES string of the molecule is O=C(Nc1cccnc1)c1ccc2[nH]c3c(c2c1)CCCNC3=O. The molecule has 24 heavy (non-hydrogen) atoms. The Morgan fingerprint density at radius 2 is 2.17 bits per heavy atom. The Morgan fingerprint density at radius 1 is 1.25 bits per heavy atom. The summed E-state index contributed by atoms with van der Waals surface area (Å²) < 4.78 is 0. The highest BCUT2D eigenvalue weighted by Gasteiger charge is 2.21. The predicted octanol–water partition coefficient (Wildman–Crippen LogP) is 2.49. The highest BCUT2D eigenvalue weighted by atomic mass is 16.2. The van der Waals surface area contributed by atoms with Crippen LogP contribution in [0.4, 0.5) is 5.69 Å². The van der Waals surface area contributed by atoms with Gasteiger partial charge in [-0.3, -0.25) is 14.6 Å². The van der Waals surface area contributed by atoms with Crippen molar-refractivity contribution in [2.24, 2.45) is 0 Å². The smallest absolute Gasteiger partial charge is 0.268 e. The zero-order valence-corrected chi connectivity index (χ0v) is 12.9. The van der Waals surface area contributed by atoms with Crippen molar-refractivity contribution in [3.8, 4) is 0 Å². The number of nitrogens with zero attached hydrogens (tertiary/aromatic N) is 1. The molecule has 0 aliphatic carbocycles. The van der Waals surface area contributed by atoms with E-state index in [1.165, 1.54) is 0 Å². The number of aromatic amines is 1. The second-order valence-corrected chi connectivity index (χ2v) is 5.79. The Morgan fingerprint density at radius 3 is 3.00 bits per heavy atom. The lowest BCUT2D eigenvalue weighted by Gasteiger charge is -2.05. The number of aryl methyl sites for hydroxylation is 1. The topological polar surface area (TPSA) is 86.9 Å². The Bertz CT molecular complexity index is 931. The number of hydrogen-bond acceptors (Lipinski definition) is 3. The van der Waals surface area contributed by atoms with Crippen LogP contribution < -0.4 is 10.6 Å². The molecular weight excluding hydrogens is 304 g/mol. The van der Waals surface area contributed by atoms with Crippen LogP contribution in [0.15, 0.2) is 42.7 Å². The minimum atomic E-state index is -0.196. The lowest BCUT2D eigenvalue weighted by molar-refractivity contribution is 0.0951. The van der Waals surface area contributed by atoms with E-state index in [0.717, 1.165) is 29.3 Å². The van der Waals surface area contributed by atoms with E-state index in [9.17, 15) is 9.59 Å². The van der Waals surface area contributed by atoms with Crippen LogP contribution in [0, 0.1) is 0 Å².